The molecule has 0 aliphatic carbocycles. The molecular weight excluding hydrogens is 346 g/mol. The van der Waals surface area contributed by atoms with E-state index >= 15 is 0 Å². The molecule has 0 saturated heterocycles. The van der Waals surface area contributed by atoms with E-state index in [0.717, 1.165) is 12.8 Å². The number of hydrogen-bond donors (Lipinski definition) is 1. The molecule has 1 N–H and O–H groups in total. The van der Waals surface area contributed by atoms with Gasteiger partial charge in [0.2, 0.25) is 0 Å². The zero-order valence-electron chi connectivity index (χ0n) is 15.2. The van der Waals surface area contributed by atoms with Gasteiger partial charge in [-0.1, -0.05) is 25.4 Å². The molecule has 1 aromatic rings. The highest BCUT2D eigenvalue weighted by Crippen LogP contribution is 2.37. The van der Waals surface area contributed by atoms with Gasteiger partial charge in [0.15, 0.2) is 17.6 Å². The Kier molecular flexibility index (Phi) is 9.13. The Hall–Kier alpha value is -1.95. The Bertz CT molecular complexity index is 591. The Morgan fingerprint density at radius 1 is 1.16 bits per heavy atom. The van der Waals surface area contributed by atoms with Gasteiger partial charge in [0.25, 0.3) is 5.91 Å². The molecule has 0 bridgehead atoms. The minimum atomic E-state index is -0.899. The summed E-state index contributed by atoms with van der Waals surface area (Å²) in [6, 6.07) is 2.97. The van der Waals surface area contributed by atoms with Crippen molar-refractivity contribution < 1.29 is 23.8 Å². The van der Waals surface area contributed by atoms with Crippen molar-refractivity contribution in [3.8, 4) is 11.5 Å². The summed E-state index contributed by atoms with van der Waals surface area (Å²) in [6.07, 6.45) is 0.721. The van der Waals surface area contributed by atoms with Crippen LogP contribution in [0.15, 0.2) is 12.1 Å². The molecule has 0 saturated carbocycles. The average molecular weight is 372 g/mol. The predicted molar refractivity (Wildman–Crippen MR) is 96.6 cm³/mol. The minimum absolute atomic E-state index is 0.201. The topological polar surface area (TPSA) is 73.9 Å². The molecule has 0 radical (unpaired) electrons. The van der Waals surface area contributed by atoms with Crippen LogP contribution in [0.2, 0.25) is 5.02 Å². The molecule has 1 amide bonds. The van der Waals surface area contributed by atoms with Gasteiger partial charge >= 0.3 is 5.97 Å². The summed E-state index contributed by atoms with van der Waals surface area (Å²) in [6.45, 7) is 8.67. The van der Waals surface area contributed by atoms with E-state index in [-0.39, 0.29) is 16.5 Å². The van der Waals surface area contributed by atoms with Gasteiger partial charge in [0.05, 0.1) is 23.8 Å². The summed E-state index contributed by atoms with van der Waals surface area (Å²) in [5, 5.41) is 2.94. The van der Waals surface area contributed by atoms with E-state index in [1.54, 1.807) is 0 Å². The Labute approximate surface area is 153 Å². The summed E-state index contributed by atoms with van der Waals surface area (Å²) in [5.41, 5.74) is 0.201. The molecule has 1 rings (SSSR count). The Morgan fingerprint density at radius 2 is 1.88 bits per heavy atom. The van der Waals surface area contributed by atoms with E-state index in [2.05, 4.69) is 5.32 Å². The third-order valence-corrected chi connectivity index (χ3v) is 3.48. The van der Waals surface area contributed by atoms with Gasteiger partial charge in [0.1, 0.15) is 0 Å². The van der Waals surface area contributed by atoms with Gasteiger partial charge in [0, 0.05) is 6.54 Å². The van der Waals surface area contributed by atoms with Crippen LogP contribution in [0.1, 0.15) is 50.9 Å². The second-order valence-corrected chi connectivity index (χ2v) is 5.81. The van der Waals surface area contributed by atoms with Gasteiger partial charge in [-0.15, -0.1) is 0 Å². The van der Waals surface area contributed by atoms with Gasteiger partial charge < -0.3 is 19.5 Å². The SMILES string of the molecule is CCCNC(=O)C(C)OC(=O)c1cc(Cl)c(OCCC)c(OCC)c1. The fourth-order valence-corrected chi connectivity index (χ4v) is 2.23. The monoisotopic (exact) mass is 371 g/mol. The van der Waals surface area contributed by atoms with Crippen molar-refractivity contribution >= 4 is 23.5 Å². The van der Waals surface area contributed by atoms with E-state index < -0.39 is 12.1 Å². The van der Waals surface area contributed by atoms with Gasteiger partial charge in [-0.25, -0.2) is 4.79 Å². The molecule has 1 atom stereocenters. The zero-order chi connectivity index (χ0) is 18.8. The van der Waals surface area contributed by atoms with E-state index in [1.807, 2.05) is 20.8 Å². The van der Waals surface area contributed by atoms with Crippen LogP contribution in [0.25, 0.3) is 0 Å². The lowest BCUT2D eigenvalue weighted by Gasteiger charge is -2.16. The number of hydrogen-bond acceptors (Lipinski definition) is 5. The number of benzene rings is 1. The van der Waals surface area contributed by atoms with Gasteiger partial charge in [-0.05, 0) is 38.8 Å². The summed E-state index contributed by atoms with van der Waals surface area (Å²) >= 11 is 6.23. The third-order valence-electron chi connectivity index (χ3n) is 3.20. The summed E-state index contributed by atoms with van der Waals surface area (Å²) in [5.74, 6) is -0.215. The molecule has 6 nitrogen and oxygen atoms in total. The average Bonchev–Trinajstić information content (AvgIpc) is 2.58. The van der Waals surface area contributed by atoms with Crippen molar-refractivity contribution in [1.29, 1.82) is 0 Å². The molecule has 0 spiro atoms. The van der Waals surface area contributed by atoms with Crippen LogP contribution >= 0.6 is 11.6 Å². The lowest BCUT2D eigenvalue weighted by Crippen LogP contribution is -2.36. The number of carbonyl (C=O) groups is 2. The molecule has 1 aromatic carbocycles. The molecule has 0 heterocycles. The van der Waals surface area contributed by atoms with E-state index in [4.69, 9.17) is 25.8 Å². The smallest absolute Gasteiger partial charge is 0.339 e. The van der Waals surface area contributed by atoms with Crippen LogP contribution in [0, 0.1) is 0 Å². The molecule has 0 aromatic heterocycles. The number of esters is 1. The van der Waals surface area contributed by atoms with Crippen LogP contribution in [0.3, 0.4) is 0 Å². The van der Waals surface area contributed by atoms with Crippen molar-refractivity contribution in [1.82, 2.24) is 5.32 Å². The van der Waals surface area contributed by atoms with Crippen LogP contribution < -0.4 is 14.8 Å². The molecule has 25 heavy (non-hydrogen) atoms. The maximum Gasteiger partial charge on any atom is 0.339 e. The van der Waals surface area contributed by atoms with Crippen molar-refractivity contribution in [3.63, 3.8) is 0 Å². The highest BCUT2D eigenvalue weighted by Gasteiger charge is 2.21. The van der Waals surface area contributed by atoms with Crippen molar-refractivity contribution in [2.75, 3.05) is 19.8 Å². The first-order valence-corrected chi connectivity index (χ1v) is 8.90. The number of ether oxygens (including phenoxy) is 3. The molecular formula is C18H26ClNO5. The van der Waals surface area contributed by atoms with E-state index in [0.29, 0.717) is 31.3 Å². The lowest BCUT2D eigenvalue weighted by molar-refractivity contribution is -0.129. The van der Waals surface area contributed by atoms with Crippen molar-refractivity contribution in [2.45, 2.75) is 46.6 Å². The van der Waals surface area contributed by atoms with Crippen LogP contribution in [-0.2, 0) is 9.53 Å². The third kappa shape index (κ3) is 6.46. The molecule has 1 unspecified atom stereocenters. The number of halogens is 1. The zero-order valence-corrected chi connectivity index (χ0v) is 15.9. The molecule has 7 heteroatoms. The highest BCUT2D eigenvalue weighted by molar-refractivity contribution is 6.32. The van der Waals surface area contributed by atoms with Crippen molar-refractivity contribution in [3.05, 3.63) is 22.7 Å². The van der Waals surface area contributed by atoms with Crippen molar-refractivity contribution in [2.24, 2.45) is 0 Å². The first-order chi connectivity index (χ1) is 11.9. The van der Waals surface area contributed by atoms with Crippen LogP contribution in [0.5, 0.6) is 11.5 Å². The molecule has 140 valence electrons. The fraction of sp³-hybridized carbons (Fsp3) is 0.556. The quantitative estimate of drug-likeness (QED) is 0.636. The summed E-state index contributed by atoms with van der Waals surface area (Å²) in [7, 11) is 0. The maximum atomic E-state index is 12.3. The fourth-order valence-electron chi connectivity index (χ4n) is 1.97. The van der Waals surface area contributed by atoms with Crippen LogP contribution in [0.4, 0.5) is 0 Å². The molecule has 0 aliphatic heterocycles. The number of rotatable bonds is 10. The highest BCUT2D eigenvalue weighted by atomic mass is 35.5. The predicted octanol–water partition coefficient (Wildman–Crippen LogP) is 3.60. The van der Waals surface area contributed by atoms with E-state index in [1.165, 1.54) is 19.1 Å². The normalized spacial score (nSPS) is 11.6. The number of nitrogens with one attached hydrogen (secondary N) is 1. The lowest BCUT2D eigenvalue weighted by atomic mass is 10.2. The standard InChI is InChI=1S/C18H26ClNO5/c1-5-8-20-17(21)12(4)25-18(22)13-10-14(19)16(24-9-6-2)15(11-13)23-7-3/h10-12H,5-9H2,1-4H3,(H,20,21). The van der Waals surface area contributed by atoms with Crippen LogP contribution in [-0.4, -0.2) is 37.7 Å². The van der Waals surface area contributed by atoms with Gasteiger partial charge in [-0.3, -0.25) is 4.79 Å². The second kappa shape index (κ2) is 10.8. The summed E-state index contributed by atoms with van der Waals surface area (Å²) in [4.78, 5) is 24.1. The molecule has 0 fully saturated rings. The molecule has 0 aliphatic rings. The first kappa shape index (κ1) is 21.1. The second-order valence-electron chi connectivity index (χ2n) is 5.41. The minimum Gasteiger partial charge on any atom is -0.490 e. The largest absolute Gasteiger partial charge is 0.490 e. The Balaban J connectivity index is 2.92. The summed E-state index contributed by atoms with van der Waals surface area (Å²) < 4.78 is 16.3. The number of amides is 1. The maximum absolute atomic E-state index is 12.3. The first-order valence-electron chi connectivity index (χ1n) is 8.52. The Morgan fingerprint density at radius 3 is 2.48 bits per heavy atom. The number of carbonyl (C=O) groups excluding carboxylic acids is 2. The van der Waals surface area contributed by atoms with Gasteiger partial charge in [-0.2, -0.15) is 0 Å². The van der Waals surface area contributed by atoms with E-state index in [9.17, 15) is 9.59 Å².